The highest BCUT2D eigenvalue weighted by molar-refractivity contribution is 9.10. The average molecular weight is 267 g/mol. The molecule has 15 heavy (non-hydrogen) atoms. The number of nitrogens with zero attached hydrogens (tertiary/aromatic N) is 3. The minimum Gasteiger partial charge on any atom is -0.384 e. The number of nitrogens with two attached hydrogens (primary N) is 1. The van der Waals surface area contributed by atoms with Gasteiger partial charge in [-0.15, -0.1) is 0 Å². The van der Waals surface area contributed by atoms with Gasteiger partial charge in [0, 0.05) is 12.3 Å². The summed E-state index contributed by atoms with van der Waals surface area (Å²) in [5.74, 6) is 0.496. The first kappa shape index (κ1) is 10.2. The van der Waals surface area contributed by atoms with E-state index in [1.165, 1.54) is 0 Å². The Labute approximate surface area is 96.3 Å². The number of rotatable bonds is 1. The van der Waals surface area contributed by atoms with Crippen molar-refractivity contribution in [3.63, 3.8) is 0 Å². The van der Waals surface area contributed by atoms with E-state index in [9.17, 15) is 0 Å². The lowest BCUT2D eigenvalue weighted by Gasteiger charge is -2.04. The predicted molar refractivity (Wildman–Crippen MR) is 62.9 cm³/mol. The fraction of sp³-hybridized carbons (Fsp3) is 0.200. The van der Waals surface area contributed by atoms with Gasteiger partial charge in [0.05, 0.1) is 21.5 Å². The molecule has 0 saturated heterocycles. The van der Waals surface area contributed by atoms with Crippen molar-refractivity contribution < 1.29 is 0 Å². The molecule has 78 valence electrons. The van der Waals surface area contributed by atoms with Crippen LogP contribution >= 0.6 is 15.9 Å². The number of pyridine rings is 1. The largest absolute Gasteiger partial charge is 0.384 e. The Morgan fingerprint density at radius 1 is 1.40 bits per heavy atom. The average Bonchev–Trinajstić information content (AvgIpc) is 2.46. The Morgan fingerprint density at radius 3 is 2.67 bits per heavy atom. The standard InChI is InChI=1S/C10H11BrN4/c1-6-10(11)7(2)15(14-6)8-3-4-13-9(12)5-8/h3-5H,1-2H3,(H2,12,13). The van der Waals surface area contributed by atoms with Crippen LogP contribution in [0.3, 0.4) is 0 Å². The molecular formula is C10H11BrN4. The van der Waals surface area contributed by atoms with Gasteiger partial charge in [-0.1, -0.05) is 0 Å². The summed E-state index contributed by atoms with van der Waals surface area (Å²) in [6.07, 6.45) is 1.68. The summed E-state index contributed by atoms with van der Waals surface area (Å²) in [6.45, 7) is 3.96. The summed E-state index contributed by atoms with van der Waals surface area (Å²) in [6, 6.07) is 3.67. The van der Waals surface area contributed by atoms with E-state index in [0.29, 0.717) is 5.82 Å². The molecule has 4 nitrogen and oxygen atoms in total. The third-order valence-corrected chi connectivity index (χ3v) is 3.36. The number of aryl methyl sites for hydroxylation is 1. The molecule has 2 N–H and O–H groups in total. The van der Waals surface area contributed by atoms with Gasteiger partial charge < -0.3 is 5.73 Å². The van der Waals surface area contributed by atoms with Crippen molar-refractivity contribution in [3.8, 4) is 5.69 Å². The topological polar surface area (TPSA) is 56.7 Å². The van der Waals surface area contributed by atoms with Gasteiger partial charge in [-0.2, -0.15) is 5.10 Å². The molecule has 0 aliphatic heterocycles. The predicted octanol–water partition coefficient (Wildman–Crippen LogP) is 2.23. The van der Waals surface area contributed by atoms with E-state index in [1.807, 2.05) is 24.6 Å². The summed E-state index contributed by atoms with van der Waals surface area (Å²) in [4.78, 5) is 3.95. The zero-order chi connectivity index (χ0) is 11.0. The summed E-state index contributed by atoms with van der Waals surface area (Å²) in [5.41, 5.74) is 8.57. The van der Waals surface area contributed by atoms with Gasteiger partial charge in [0.2, 0.25) is 0 Å². The van der Waals surface area contributed by atoms with Crippen LogP contribution in [0.1, 0.15) is 11.4 Å². The zero-order valence-electron chi connectivity index (χ0n) is 8.53. The second kappa shape index (κ2) is 3.66. The maximum Gasteiger partial charge on any atom is 0.125 e. The van der Waals surface area contributed by atoms with Crippen LogP contribution in [0, 0.1) is 13.8 Å². The van der Waals surface area contributed by atoms with Gasteiger partial charge in [0.1, 0.15) is 5.82 Å². The van der Waals surface area contributed by atoms with Crippen molar-refractivity contribution >= 4 is 21.7 Å². The minimum atomic E-state index is 0.496. The number of hydrogen-bond donors (Lipinski definition) is 1. The number of nitrogen functional groups attached to an aromatic ring is 1. The van der Waals surface area contributed by atoms with E-state index in [-0.39, 0.29) is 0 Å². The monoisotopic (exact) mass is 266 g/mol. The maximum absolute atomic E-state index is 5.63. The van der Waals surface area contributed by atoms with Crippen molar-refractivity contribution in [3.05, 3.63) is 34.2 Å². The molecular weight excluding hydrogens is 256 g/mol. The molecule has 0 aliphatic rings. The molecule has 5 heteroatoms. The second-order valence-electron chi connectivity index (χ2n) is 3.34. The van der Waals surface area contributed by atoms with Crippen LogP contribution in [-0.4, -0.2) is 14.8 Å². The molecule has 0 aliphatic carbocycles. The first-order chi connectivity index (χ1) is 7.09. The third kappa shape index (κ3) is 1.74. The molecule has 2 aromatic rings. The van der Waals surface area contributed by atoms with Crippen LogP contribution in [0.2, 0.25) is 0 Å². The van der Waals surface area contributed by atoms with Crippen molar-refractivity contribution in [2.75, 3.05) is 5.73 Å². The quantitative estimate of drug-likeness (QED) is 0.861. The third-order valence-electron chi connectivity index (χ3n) is 2.21. The summed E-state index contributed by atoms with van der Waals surface area (Å²) in [7, 11) is 0. The van der Waals surface area contributed by atoms with Crippen LogP contribution in [-0.2, 0) is 0 Å². The van der Waals surface area contributed by atoms with E-state index < -0.39 is 0 Å². The normalized spacial score (nSPS) is 10.6. The lowest BCUT2D eigenvalue weighted by Crippen LogP contribution is -2.00. The maximum atomic E-state index is 5.63. The van der Waals surface area contributed by atoms with E-state index in [2.05, 4.69) is 26.0 Å². The Balaban J connectivity index is 2.59. The van der Waals surface area contributed by atoms with Gasteiger partial charge in [-0.3, -0.25) is 0 Å². The zero-order valence-corrected chi connectivity index (χ0v) is 10.1. The van der Waals surface area contributed by atoms with Crippen molar-refractivity contribution in [2.24, 2.45) is 0 Å². The molecule has 2 heterocycles. The van der Waals surface area contributed by atoms with Crippen LogP contribution in [0.4, 0.5) is 5.82 Å². The second-order valence-corrected chi connectivity index (χ2v) is 4.13. The van der Waals surface area contributed by atoms with Crippen LogP contribution in [0.5, 0.6) is 0 Å². The van der Waals surface area contributed by atoms with Crippen molar-refractivity contribution in [1.82, 2.24) is 14.8 Å². The molecule has 0 amide bonds. The highest BCUT2D eigenvalue weighted by atomic mass is 79.9. The number of hydrogen-bond acceptors (Lipinski definition) is 3. The SMILES string of the molecule is Cc1nn(-c2ccnc(N)c2)c(C)c1Br. The lowest BCUT2D eigenvalue weighted by molar-refractivity contribution is 0.832. The van der Waals surface area contributed by atoms with Gasteiger partial charge in [-0.25, -0.2) is 9.67 Å². The number of aromatic nitrogens is 3. The van der Waals surface area contributed by atoms with Crippen LogP contribution < -0.4 is 5.73 Å². The van der Waals surface area contributed by atoms with E-state index >= 15 is 0 Å². The molecule has 0 fully saturated rings. The molecule has 0 bridgehead atoms. The molecule has 0 spiro atoms. The van der Waals surface area contributed by atoms with Crippen LogP contribution in [0.25, 0.3) is 5.69 Å². The number of anilines is 1. The highest BCUT2D eigenvalue weighted by Gasteiger charge is 2.09. The summed E-state index contributed by atoms with van der Waals surface area (Å²) >= 11 is 3.49. The van der Waals surface area contributed by atoms with Gasteiger partial charge in [0.15, 0.2) is 0 Å². The lowest BCUT2D eigenvalue weighted by atomic mass is 10.3. The Morgan fingerprint density at radius 2 is 2.13 bits per heavy atom. The molecule has 2 rings (SSSR count). The fourth-order valence-electron chi connectivity index (χ4n) is 1.44. The summed E-state index contributed by atoms with van der Waals surface area (Å²) in [5, 5.41) is 4.41. The Hall–Kier alpha value is -1.36. The Kier molecular flexibility index (Phi) is 2.48. The van der Waals surface area contributed by atoms with E-state index in [4.69, 9.17) is 5.73 Å². The molecule has 2 aromatic heterocycles. The van der Waals surface area contributed by atoms with Gasteiger partial charge in [-0.05, 0) is 35.8 Å². The molecule has 0 saturated carbocycles. The van der Waals surface area contributed by atoms with E-state index in [0.717, 1.165) is 21.5 Å². The highest BCUT2D eigenvalue weighted by Crippen LogP contribution is 2.23. The molecule has 0 unspecified atom stereocenters. The smallest absolute Gasteiger partial charge is 0.125 e. The van der Waals surface area contributed by atoms with Crippen molar-refractivity contribution in [2.45, 2.75) is 13.8 Å². The fourth-order valence-corrected chi connectivity index (χ4v) is 1.69. The number of halogens is 1. The molecule has 0 radical (unpaired) electrons. The van der Waals surface area contributed by atoms with Gasteiger partial charge in [0.25, 0.3) is 0 Å². The summed E-state index contributed by atoms with van der Waals surface area (Å²) < 4.78 is 2.87. The molecule has 0 atom stereocenters. The van der Waals surface area contributed by atoms with Crippen LogP contribution in [0.15, 0.2) is 22.8 Å². The van der Waals surface area contributed by atoms with Crippen molar-refractivity contribution in [1.29, 1.82) is 0 Å². The Bertz CT molecular complexity index is 504. The minimum absolute atomic E-state index is 0.496. The van der Waals surface area contributed by atoms with E-state index in [1.54, 1.807) is 12.3 Å². The van der Waals surface area contributed by atoms with Gasteiger partial charge >= 0.3 is 0 Å². The molecule has 0 aromatic carbocycles. The first-order valence-electron chi connectivity index (χ1n) is 4.53. The first-order valence-corrected chi connectivity index (χ1v) is 5.32.